The topological polar surface area (TPSA) is 46.8 Å². The number of benzene rings is 3. The molecule has 6 rings (SSSR count). The number of allylic oxidation sites excluding steroid dienone is 1. The van der Waals surface area contributed by atoms with Crippen LogP contribution in [0.3, 0.4) is 0 Å². The van der Waals surface area contributed by atoms with E-state index in [0.717, 1.165) is 53.3 Å². The van der Waals surface area contributed by atoms with Gasteiger partial charge in [0.2, 0.25) is 0 Å². The summed E-state index contributed by atoms with van der Waals surface area (Å²) in [5, 5.41) is 0. The van der Waals surface area contributed by atoms with Crippen molar-refractivity contribution in [3.63, 3.8) is 0 Å². The Labute approximate surface area is 226 Å². The lowest BCUT2D eigenvalue weighted by Crippen LogP contribution is -2.38. The minimum Gasteiger partial charge on any atom is -0.497 e. The average Bonchev–Trinajstić information content (AvgIpc) is 3.27. The lowest BCUT2D eigenvalue weighted by Gasteiger charge is -2.30. The number of rotatable bonds is 6. The molecule has 0 amide bonds. The molecule has 6 heteroatoms. The van der Waals surface area contributed by atoms with Crippen LogP contribution in [0.2, 0.25) is 0 Å². The van der Waals surface area contributed by atoms with E-state index in [1.54, 1.807) is 7.11 Å². The van der Waals surface area contributed by atoms with E-state index in [2.05, 4.69) is 79.4 Å². The average molecular weight is 522 g/mol. The van der Waals surface area contributed by atoms with Crippen molar-refractivity contribution in [3.05, 3.63) is 120 Å². The van der Waals surface area contributed by atoms with Gasteiger partial charge in [0.15, 0.2) is 4.80 Å². The molecule has 5 nitrogen and oxygen atoms in total. The minimum atomic E-state index is -0.187. The molecule has 0 saturated heterocycles. The molecular formula is C32H31N3O2S. The first-order valence-electron chi connectivity index (χ1n) is 13.2. The molecule has 3 aromatic carbocycles. The Kier molecular flexibility index (Phi) is 6.50. The van der Waals surface area contributed by atoms with E-state index in [-0.39, 0.29) is 11.6 Å². The van der Waals surface area contributed by atoms with Gasteiger partial charge in [0.25, 0.3) is 5.56 Å². The van der Waals surface area contributed by atoms with Gasteiger partial charge in [0, 0.05) is 24.3 Å². The number of hydrogen-bond acceptors (Lipinski definition) is 5. The molecule has 0 bridgehead atoms. The molecule has 2 heterocycles. The second-order valence-electron chi connectivity index (χ2n) is 9.65. The molecule has 0 N–H and O–H groups in total. The molecule has 192 valence electrons. The molecule has 0 spiro atoms. The fourth-order valence-electron chi connectivity index (χ4n) is 5.63. The van der Waals surface area contributed by atoms with Crippen molar-refractivity contribution in [1.29, 1.82) is 0 Å². The van der Waals surface area contributed by atoms with Gasteiger partial charge in [0.05, 0.1) is 23.4 Å². The fourth-order valence-corrected chi connectivity index (χ4v) is 6.63. The third-order valence-electron chi connectivity index (χ3n) is 7.62. The van der Waals surface area contributed by atoms with Gasteiger partial charge < -0.3 is 9.64 Å². The van der Waals surface area contributed by atoms with E-state index < -0.39 is 0 Å². The van der Waals surface area contributed by atoms with E-state index in [1.165, 1.54) is 33.7 Å². The highest BCUT2D eigenvalue weighted by Gasteiger charge is 2.32. The molecule has 2 aliphatic rings. The quantitative estimate of drug-likeness (QED) is 0.352. The second kappa shape index (κ2) is 10.1. The third-order valence-corrected chi connectivity index (χ3v) is 8.61. The summed E-state index contributed by atoms with van der Waals surface area (Å²) in [6.45, 7) is 6.26. The van der Waals surface area contributed by atoms with Crippen LogP contribution >= 0.6 is 11.3 Å². The van der Waals surface area contributed by atoms with Gasteiger partial charge in [-0.05, 0) is 79.3 Å². The van der Waals surface area contributed by atoms with Crippen molar-refractivity contribution in [1.82, 2.24) is 4.57 Å². The van der Waals surface area contributed by atoms with Gasteiger partial charge in [-0.1, -0.05) is 59.9 Å². The number of aryl methyl sites for hydroxylation is 1. The molecule has 1 atom stereocenters. The summed E-state index contributed by atoms with van der Waals surface area (Å²) >= 11 is 1.47. The van der Waals surface area contributed by atoms with Crippen molar-refractivity contribution >= 4 is 28.8 Å². The van der Waals surface area contributed by atoms with Crippen molar-refractivity contribution in [2.45, 2.75) is 32.7 Å². The smallest absolute Gasteiger partial charge is 0.271 e. The Bertz CT molecular complexity index is 1690. The standard InChI is InChI=1S/C32H31N3O2S/c1-4-34(5-2)24-15-10-21(11-16-24)20-28-31(36)35-30(23-12-17-25(37-3)18-13-23)27-19-14-22-8-6-7-9-26(22)29(27)33-32(35)38-28/h6-13,15-18,20,30H,4-5,14,19H2,1-3H3. The van der Waals surface area contributed by atoms with Crippen LogP contribution < -0.4 is 24.5 Å². The van der Waals surface area contributed by atoms with Crippen LogP contribution in [-0.4, -0.2) is 24.8 Å². The number of hydrogen-bond donors (Lipinski definition) is 0. The molecule has 38 heavy (non-hydrogen) atoms. The van der Waals surface area contributed by atoms with E-state index in [9.17, 15) is 4.79 Å². The Morgan fingerprint density at radius 2 is 1.74 bits per heavy atom. The van der Waals surface area contributed by atoms with Gasteiger partial charge in [0.1, 0.15) is 5.75 Å². The maximum absolute atomic E-state index is 13.9. The first-order chi connectivity index (χ1) is 18.6. The number of anilines is 1. The lowest BCUT2D eigenvalue weighted by molar-refractivity contribution is 0.414. The Morgan fingerprint density at radius 3 is 2.45 bits per heavy atom. The maximum Gasteiger partial charge on any atom is 0.271 e. The Morgan fingerprint density at radius 1 is 1.00 bits per heavy atom. The summed E-state index contributed by atoms with van der Waals surface area (Å²) in [6.07, 6.45) is 3.82. The number of fused-ring (bicyclic) bond motifs is 3. The van der Waals surface area contributed by atoms with E-state index in [0.29, 0.717) is 4.53 Å². The fraction of sp³-hybridized carbons (Fsp3) is 0.250. The summed E-state index contributed by atoms with van der Waals surface area (Å²) in [6, 6.07) is 24.9. The van der Waals surface area contributed by atoms with E-state index >= 15 is 0 Å². The summed E-state index contributed by atoms with van der Waals surface area (Å²) in [7, 11) is 1.67. The first-order valence-corrected chi connectivity index (χ1v) is 14.0. The highest BCUT2D eigenvalue weighted by Crippen LogP contribution is 2.41. The van der Waals surface area contributed by atoms with Crippen LogP contribution in [-0.2, 0) is 6.42 Å². The normalized spacial score (nSPS) is 16.4. The zero-order chi connectivity index (χ0) is 26.2. The first kappa shape index (κ1) is 24.4. The Hall–Kier alpha value is -3.90. The van der Waals surface area contributed by atoms with Crippen LogP contribution in [0.1, 0.15) is 48.6 Å². The summed E-state index contributed by atoms with van der Waals surface area (Å²) in [5.74, 6) is 0.803. The van der Waals surface area contributed by atoms with Crippen molar-refractivity contribution in [2.24, 2.45) is 4.99 Å². The molecule has 0 saturated carbocycles. The lowest BCUT2D eigenvalue weighted by atomic mass is 9.83. The molecule has 0 fully saturated rings. The number of aromatic nitrogens is 1. The molecule has 1 aromatic heterocycles. The molecular weight excluding hydrogens is 490 g/mol. The van der Waals surface area contributed by atoms with Gasteiger partial charge in [-0.15, -0.1) is 0 Å². The predicted octanol–water partition coefficient (Wildman–Crippen LogP) is 5.17. The molecule has 1 aliphatic heterocycles. The van der Waals surface area contributed by atoms with Crippen molar-refractivity contribution in [2.75, 3.05) is 25.1 Å². The largest absolute Gasteiger partial charge is 0.497 e. The zero-order valence-corrected chi connectivity index (χ0v) is 22.8. The van der Waals surface area contributed by atoms with Gasteiger partial charge >= 0.3 is 0 Å². The summed E-state index contributed by atoms with van der Waals surface area (Å²) < 4.78 is 8.00. The van der Waals surface area contributed by atoms with Crippen LogP contribution in [0.25, 0.3) is 11.8 Å². The monoisotopic (exact) mass is 521 g/mol. The molecule has 4 aromatic rings. The highest BCUT2D eigenvalue weighted by atomic mass is 32.1. The van der Waals surface area contributed by atoms with Crippen LogP contribution in [0.15, 0.2) is 88.2 Å². The third kappa shape index (κ3) is 4.19. The number of nitrogens with zero attached hydrogens (tertiary/aromatic N) is 3. The van der Waals surface area contributed by atoms with Crippen molar-refractivity contribution in [3.8, 4) is 5.75 Å². The highest BCUT2D eigenvalue weighted by molar-refractivity contribution is 7.07. The van der Waals surface area contributed by atoms with Crippen LogP contribution in [0, 0.1) is 0 Å². The summed E-state index contributed by atoms with van der Waals surface area (Å²) in [5.41, 5.74) is 8.01. The molecule has 0 radical (unpaired) electrons. The van der Waals surface area contributed by atoms with Crippen molar-refractivity contribution < 1.29 is 4.74 Å². The summed E-state index contributed by atoms with van der Waals surface area (Å²) in [4.78, 5) is 22.1. The van der Waals surface area contributed by atoms with Gasteiger partial charge in [-0.25, -0.2) is 4.99 Å². The number of ether oxygens (including phenoxy) is 1. The predicted molar refractivity (Wildman–Crippen MR) is 156 cm³/mol. The van der Waals surface area contributed by atoms with E-state index in [1.807, 2.05) is 22.8 Å². The van der Waals surface area contributed by atoms with Gasteiger partial charge in [-0.2, -0.15) is 0 Å². The van der Waals surface area contributed by atoms with Crippen LogP contribution in [0.5, 0.6) is 5.75 Å². The number of thiazole rings is 1. The maximum atomic E-state index is 13.9. The minimum absolute atomic E-state index is 0.00722. The molecule has 1 unspecified atom stereocenters. The molecule has 1 aliphatic carbocycles. The number of methoxy groups -OCH3 is 1. The Balaban J connectivity index is 1.51. The van der Waals surface area contributed by atoms with E-state index in [4.69, 9.17) is 9.73 Å². The SMILES string of the molecule is CCN(CC)c1ccc(C=c2sc3n(c2=O)C(c2ccc(OC)cc2)C2=C(N=3)c3ccccc3CC2)cc1. The zero-order valence-electron chi connectivity index (χ0n) is 22.0. The van der Waals surface area contributed by atoms with Gasteiger partial charge in [-0.3, -0.25) is 9.36 Å². The van der Waals surface area contributed by atoms with Crippen LogP contribution in [0.4, 0.5) is 5.69 Å². The second-order valence-corrected chi connectivity index (χ2v) is 10.7.